The van der Waals surface area contributed by atoms with E-state index in [1.54, 1.807) is 50.6 Å². The van der Waals surface area contributed by atoms with Gasteiger partial charge in [0.2, 0.25) is 5.91 Å². The molecule has 0 aliphatic rings. The molecule has 0 atom stereocenters. The van der Waals surface area contributed by atoms with E-state index < -0.39 is 0 Å². The molecule has 2 rings (SSSR count). The molecule has 144 valence electrons. The van der Waals surface area contributed by atoms with Crippen molar-refractivity contribution in [2.75, 3.05) is 26.1 Å². The summed E-state index contributed by atoms with van der Waals surface area (Å²) in [5.41, 5.74) is 1.72. The lowest BCUT2D eigenvalue weighted by Crippen LogP contribution is -2.28. The average molecular weight is 370 g/mol. The number of ether oxygens (including phenoxy) is 2. The Morgan fingerprint density at radius 3 is 2.37 bits per heavy atom. The maximum atomic E-state index is 12.5. The Kier molecular flexibility index (Phi) is 7.23. The summed E-state index contributed by atoms with van der Waals surface area (Å²) in [6.07, 6.45) is 0.155. The van der Waals surface area contributed by atoms with Crippen LogP contribution in [0.5, 0.6) is 11.5 Å². The molecule has 0 radical (unpaired) electrons. The van der Waals surface area contributed by atoms with Crippen molar-refractivity contribution in [2.45, 2.75) is 20.3 Å². The van der Waals surface area contributed by atoms with Crippen LogP contribution in [-0.4, -0.2) is 32.6 Å². The number of carbonyl (C=O) groups is 2. The number of rotatable bonds is 8. The van der Waals surface area contributed by atoms with Gasteiger partial charge in [-0.2, -0.15) is 0 Å². The maximum absolute atomic E-state index is 12.5. The second-order valence-electron chi connectivity index (χ2n) is 6.56. The Hall–Kier alpha value is -3.02. The van der Waals surface area contributed by atoms with Gasteiger partial charge in [-0.25, -0.2) is 0 Å². The molecule has 6 heteroatoms. The summed E-state index contributed by atoms with van der Waals surface area (Å²) in [4.78, 5) is 24.8. The molecule has 0 spiro atoms. The molecule has 0 aromatic heterocycles. The lowest BCUT2D eigenvalue weighted by atomic mass is 10.1. The normalized spacial score (nSPS) is 10.4. The number of amides is 2. The van der Waals surface area contributed by atoms with Crippen LogP contribution in [0.3, 0.4) is 0 Å². The number of nitrogens with one attached hydrogen (secondary N) is 2. The SMILES string of the molecule is COc1ccc(CC(=O)Nc2ccccc2C(=O)NCC(C)C)cc1OC. The summed E-state index contributed by atoms with van der Waals surface area (Å²) in [7, 11) is 3.11. The van der Waals surface area contributed by atoms with Crippen LogP contribution < -0.4 is 20.1 Å². The lowest BCUT2D eigenvalue weighted by molar-refractivity contribution is -0.115. The van der Waals surface area contributed by atoms with Crippen molar-refractivity contribution >= 4 is 17.5 Å². The van der Waals surface area contributed by atoms with Gasteiger partial charge in [-0.15, -0.1) is 0 Å². The van der Waals surface area contributed by atoms with Gasteiger partial charge in [0.25, 0.3) is 5.91 Å². The molecule has 0 aliphatic heterocycles. The first-order valence-electron chi connectivity index (χ1n) is 8.82. The van der Waals surface area contributed by atoms with E-state index in [-0.39, 0.29) is 18.2 Å². The maximum Gasteiger partial charge on any atom is 0.253 e. The van der Waals surface area contributed by atoms with Gasteiger partial charge in [-0.1, -0.05) is 32.0 Å². The average Bonchev–Trinajstić information content (AvgIpc) is 2.66. The Morgan fingerprint density at radius 1 is 1.00 bits per heavy atom. The Bertz CT molecular complexity index is 803. The fourth-order valence-corrected chi connectivity index (χ4v) is 2.55. The molecule has 0 fully saturated rings. The molecule has 6 nitrogen and oxygen atoms in total. The predicted octanol–water partition coefficient (Wildman–Crippen LogP) is 3.27. The number of anilines is 1. The summed E-state index contributed by atoms with van der Waals surface area (Å²) < 4.78 is 10.5. The Morgan fingerprint density at radius 2 is 1.70 bits per heavy atom. The molecule has 0 saturated carbocycles. The van der Waals surface area contributed by atoms with Crippen molar-refractivity contribution in [3.8, 4) is 11.5 Å². The van der Waals surface area contributed by atoms with Crippen molar-refractivity contribution in [2.24, 2.45) is 5.92 Å². The van der Waals surface area contributed by atoms with Crippen LogP contribution in [0.1, 0.15) is 29.8 Å². The molecular formula is C21H26N2O4. The third kappa shape index (κ3) is 5.74. The molecule has 27 heavy (non-hydrogen) atoms. The topological polar surface area (TPSA) is 76.7 Å². The number of benzene rings is 2. The molecule has 2 amide bonds. The second kappa shape index (κ2) is 9.62. The van der Waals surface area contributed by atoms with Crippen LogP contribution in [-0.2, 0) is 11.2 Å². The molecule has 0 aliphatic carbocycles. The van der Waals surface area contributed by atoms with E-state index in [0.717, 1.165) is 5.56 Å². The van der Waals surface area contributed by atoms with Crippen LogP contribution in [0.2, 0.25) is 0 Å². The predicted molar refractivity (Wildman–Crippen MR) is 105 cm³/mol. The molecule has 0 saturated heterocycles. The standard InChI is InChI=1S/C21H26N2O4/c1-14(2)13-22-21(25)16-7-5-6-8-17(16)23-20(24)12-15-9-10-18(26-3)19(11-15)27-4/h5-11,14H,12-13H2,1-4H3,(H,22,25)(H,23,24). The third-order valence-corrected chi connectivity index (χ3v) is 3.93. The smallest absolute Gasteiger partial charge is 0.253 e. The van der Waals surface area contributed by atoms with Crippen molar-refractivity contribution in [3.63, 3.8) is 0 Å². The highest BCUT2D eigenvalue weighted by molar-refractivity contribution is 6.04. The quantitative estimate of drug-likeness (QED) is 0.748. The first-order valence-corrected chi connectivity index (χ1v) is 8.82. The van der Waals surface area contributed by atoms with E-state index in [0.29, 0.717) is 35.2 Å². The van der Waals surface area contributed by atoms with Crippen LogP contribution in [0.15, 0.2) is 42.5 Å². The molecular weight excluding hydrogens is 344 g/mol. The van der Waals surface area contributed by atoms with E-state index >= 15 is 0 Å². The zero-order valence-corrected chi connectivity index (χ0v) is 16.2. The minimum Gasteiger partial charge on any atom is -0.493 e. The first-order chi connectivity index (χ1) is 12.9. The minimum absolute atomic E-state index is 0.155. The van der Waals surface area contributed by atoms with Gasteiger partial charge >= 0.3 is 0 Å². The van der Waals surface area contributed by atoms with Gasteiger partial charge in [0, 0.05) is 6.54 Å². The molecule has 2 aromatic carbocycles. The van der Waals surface area contributed by atoms with Crippen molar-refractivity contribution < 1.29 is 19.1 Å². The summed E-state index contributed by atoms with van der Waals surface area (Å²) in [6, 6.07) is 12.3. The highest BCUT2D eigenvalue weighted by Crippen LogP contribution is 2.27. The lowest BCUT2D eigenvalue weighted by Gasteiger charge is -2.13. The number of hydrogen-bond acceptors (Lipinski definition) is 4. The number of hydrogen-bond donors (Lipinski definition) is 2. The van der Waals surface area contributed by atoms with E-state index in [2.05, 4.69) is 10.6 Å². The van der Waals surface area contributed by atoms with Gasteiger partial charge < -0.3 is 20.1 Å². The van der Waals surface area contributed by atoms with Gasteiger partial charge in [-0.3, -0.25) is 9.59 Å². The molecule has 0 unspecified atom stereocenters. The summed E-state index contributed by atoms with van der Waals surface area (Å²) in [6.45, 7) is 4.63. The van der Waals surface area contributed by atoms with Gasteiger partial charge in [0.15, 0.2) is 11.5 Å². The fourth-order valence-electron chi connectivity index (χ4n) is 2.55. The van der Waals surface area contributed by atoms with Crippen LogP contribution in [0.4, 0.5) is 5.69 Å². The molecule has 0 heterocycles. The second-order valence-corrected chi connectivity index (χ2v) is 6.56. The monoisotopic (exact) mass is 370 g/mol. The number of methoxy groups -OCH3 is 2. The van der Waals surface area contributed by atoms with Crippen molar-refractivity contribution in [3.05, 3.63) is 53.6 Å². The summed E-state index contributed by atoms with van der Waals surface area (Å²) in [5.74, 6) is 1.10. The fraction of sp³-hybridized carbons (Fsp3) is 0.333. The van der Waals surface area contributed by atoms with Gasteiger partial charge in [0.1, 0.15) is 0 Å². The van der Waals surface area contributed by atoms with Crippen LogP contribution in [0, 0.1) is 5.92 Å². The van der Waals surface area contributed by atoms with Crippen LogP contribution >= 0.6 is 0 Å². The Labute approximate surface area is 159 Å². The molecule has 2 N–H and O–H groups in total. The third-order valence-electron chi connectivity index (χ3n) is 3.93. The number of carbonyl (C=O) groups excluding carboxylic acids is 2. The largest absolute Gasteiger partial charge is 0.493 e. The number of para-hydroxylation sites is 1. The van der Waals surface area contributed by atoms with E-state index in [1.807, 2.05) is 19.9 Å². The summed E-state index contributed by atoms with van der Waals surface area (Å²) >= 11 is 0. The van der Waals surface area contributed by atoms with Gasteiger partial charge in [0.05, 0.1) is 31.9 Å². The summed E-state index contributed by atoms with van der Waals surface area (Å²) in [5, 5.41) is 5.69. The molecule has 2 aromatic rings. The van der Waals surface area contributed by atoms with Gasteiger partial charge in [-0.05, 0) is 35.7 Å². The zero-order valence-electron chi connectivity index (χ0n) is 16.2. The van der Waals surface area contributed by atoms with Crippen molar-refractivity contribution in [1.29, 1.82) is 0 Å². The van der Waals surface area contributed by atoms with E-state index in [9.17, 15) is 9.59 Å². The van der Waals surface area contributed by atoms with E-state index in [4.69, 9.17) is 9.47 Å². The molecule has 0 bridgehead atoms. The van der Waals surface area contributed by atoms with Crippen LogP contribution in [0.25, 0.3) is 0 Å². The zero-order chi connectivity index (χ0) is 19.8. The van der Waals surface area contributed by atoms with Crippen molar-refractivity contribution in [1.82, 2.24) is 5.32 Å². The van der Waals surface area contributed by atoms with E-state index in [1.165, 1.54) is 0 Å². The highest BCUT2D eigenvalue weighted by Gasteiger charge is 2.14. The first kappa shape index (κ1) is 20.3. The minimum atomic E-state index is -0.216. The Balaban J connectivity index is 2.09. The highest BCUT2D eigenvalue weighted by atomic mass is 16.5.